The highest BCUT2D eigenvalue weighted by Gasteiger charge is 2.43. The Hall–Kier alpha value is -1.36. The maximum Gasteiger partial charge on any atom is 0.222 e. The van der Waals surface area contributed by atoms with Gasteiger partial charge in [0.15, 0.2) is 0 Å². The molecule has 0 bridgehead atoms. The fourth-order valence-electron chi connectivity index (χ4n) is 5.92. The SMILES string of the molecule is Nc1nc(N2CC3CCNCC3C2)c2c(n1)C1(CCCC1)CCC2. The second-order valence-corrected chi connectivity index (χ2v) is 8.49. The molecule has 1 aromatic rings. The number of piperidine rings is 1. The zero-order chi connectivity index (χ0) is 16.1. The molecule has 130 valence electrons. The number of aromatic nitrogens is 2. The summed E-state index contributed by atoms with van der Waals surface area (Å²) in [5.41, 5.74) is 9.25. The number of nitrogens with two attached hydrogens (primary N) is 1. The van der Waals surface area contributed by atoms with Crippen molar-refractivity contribution < 1.29 is 0 Å². The molecule has 2 saturated heterocycles. The zero-order valence-electron chi connectivity index (χ0n) is 14.6. The van der Waals surface area contributed by atoms with Crippen molar-refractivity contribution in [1.29, 1.82) is 0 Å². The summed E-state index contributed by atoms with van der Waals surface area (Å²) in [6, 6.07) is 0. The van der Waals surface area contributed by atoms with Crippen molar-refractivity contribution in [1.82, 2.24) is 15.3 Å². The number of nitrogen functional groups attached to an aromatic ring is 1. The number of rotatable bonds is 1. The van der Waals surface area contributed by atoms with Gasteiger partial charge in [-0.2, -0.15) is 4.98 Å². The summed E-state index contributed by atoms with van der Waals surface area (Å²) in [4.78, 5) is 12.1. The normalized spacial score (nSPS) is 31.2. The van der Waals surface area contributed by atoms with Gasteiger partial charge >= 0.3 is 0 Å². The van der Waals surface area contributed by atoms with Gasteiger partial charge in [-0.15, -0.1) is 0 Å². The van der Waals surface area contributed by atoms with Gasteiger partial charge in [-0.25, -0.2) is 4.98 Å². The van der Waals surface area contributed by atoms with Crippen LogP contribution in [0.4, 0.5) is 11.8 Å². The van der Waals surface area contributed by atoms with Crippen molar-refractivity contribution in [3.05, 3.63) is 11.3 Å². The van der Waals surface area contributed by atoms with E-state index in [0.717, 1.165) is 37.9 Å². The van der Waals surface area contributed by atoms with Crippen LogP contribution in [-0.4, -0.2) is 36.1 Å². The molecule has 5 rings (SSSR count). The minimum Gasteiger partial charge on any atom is -0.368 e. The minimum atomic E-state index is 0.313. The predicted molar refractivity (Wildman–Crippen MR) is 96.2 cm³/mol. The van der Waals surface area contributed by atoms with E-state index in [1.54, 1.807) is 0 Å². The second-order valence-electron chi connectivity index (χ2n) is 8.49. The van der Waals surface area contributed by atoms with Gasteiger partial charge in [0.05, 0.1) is 5.69 Å². The molecule has 2 aliphatic carbocycles. The Kier molecular flexibility index (Phi) is 3.47. The van der Waals surface area contributed by atoms with Crippen LogP contribution in [0.1, 0.15) is 56.2 Å². The van der Waals surface area contributed by atoms with E-state index in [4.69, 9.17) is 15.7 Å². The smallest absolute Gasteiger partial charge is 0.222 e. The summed E-state index contributed by atoms with van der Waals surface area (Å²) in [5.74, 6) is 3.26. The van der Waals surface area contributed by atoms with E-state index in [1.165, 1.54) is 68.6 Å². The van der Waals surface area contributed by atoms with Gasteiger partial charge in [-0.05, 0) is 63.5 Å². The molecule has 0 radical (unpaired) electrons. The first kappa shape index (κ1) is 14.9. The van der Waals surface area contributed by atoms with Gasteiger partial charge in [-0.3, -0.25) is 0 Å². The Balaban J connectivity index is 1.54. The van der Waals surface area contributed by atoms with E-state index in [2.05, 4.69) is 10.2 Å². The van der Waals surface area contributed by atoms with Gasteiger partial charge < -0.3 is 16.0 Å². The first-order chi connectivity index (χ1) is 11.8. The lowest BCUT2D eigenvalue weighted by Gasteiger charge is -2.36. The Morgan fingerprint density at radius 2 is 1.83 bits per heavy atom. The average molecular weight is 327 g/mol. The van der Waals surface area contributed by atoms with Crippen LogP contribution in [-0.2, 0) is 11.8 Å². The highest BCUT2D eigenvalue weighted by atomic mass is 15.2. The fraction of sp³-hybridized carbons (Fsp3) is 0.789. The van der Waals surface area contributed by atoms with Crippen LogP contribution >= 0.6 is 0 Å². The van der Waals surface area contributed by atoms with E-state index < -0.39 is 0 Å². The third-order valence-electron chi connectivity index (χ3n) is 7.12. The van der Waals surface area contributed by atoms with Crippen LogP contribution in [0, 0.1) is 11.8 Å². The third kappa shape index (κ3) is 2.24. The van der Waals surface area contributed by atoms with Crippen molar-refractivity contribution in [2.24, 2.45) is 11.8 Å². The van der Waals surface area contributed by atoms with E-state index in [0.29, 0.717) is 11.4 Å². The van der Waals surface area contributed by atoms with Crippen LogP contribution < -0.4 is 16.0 Å². The van der Waals surface area contributed by atoms with Crippen molar-refractivity contribution in [2.75, 3.05) is 36.8 Å². The Morgan fingerprint density at radius 3 is 2.67 bits per heavy atom. The molecule has 3 N–H and O–H groups in total. The highest BCUT2D eigenvalue weighted by Crippen LogP contribution is 2.50. The van der Waals surface area contributed by atoms with Crippen molar-refractivity contribution in [2.45, 2.75) is 56.8 Å². The van der Waals surface area contributed by atoms with Crippen LogP contribution in [0.25, 0.3) is 0 Å². The van der Waals surface area contributed by atoms with Gasteiger partial charge in [0, 0.05) is 24.1 Å². The molecule has 3 fully saturated rings. The van der Waals surface area contributed by atoms with Crippen LogP contribution in [0.5, 0.6) is 0 Å². The summed E-state index contributed by atoms with van der Waals surface area (Å²) in [6.45, 7) is 4.62. The molecule has 0 aromatic carbocycles. The third-order valence-corrected chi connectivity index (χ3v) is 7.12. The van der Waals surface area contributed by atoms with Crippen LogP contribution in [0.15, 0.2) is 0 Å². The predicted octanol–water partition coefficient (Wildman–Crippen LogP) is 2.25. The Labute approximate surface area is 144 Å². The quantitative estimate of drug-likeness (QED) is 0.828. The fourth-order valence-corrected chi connectivity index (χ4v) is 5.92. The molecule has 2 atom stereocenters. The summed E-state index contributed by atoms with van der Waals surface area (Å²) in [5, 5.41) is 3.56. The number of nitrogens with zero attached hydrogens (tertiary/aromatic N) is 3. The topological polar surface area (TPSA) is 67.1 Å². The first-order valence-electron chi connectivity index (χ1n) is 9.88. The Bertz CT molecular complexity index is 623. The number of fused-ring (bicyclic) bond motifs is 3. The minimum absolute atomic E-state index is 0.313. The van der Waals surface area contributed by atoms with E-state index in [-0.39, 0.29) is 0 Å². The van der Waals surface area contributed by atoms with Crippen molar-refractivity contribution in [3.63, 3.8) is 0 Å². The highest BCUT2D eigenvalue weighted by molar-refractivity contribution is 5.56. The molecular weight excluding hydrogens is 298 g/mol. The molecule has 1 saturated carbocycles. The molecular formula is C19H29N5. The molecule has 2 aliphatic heterocycles. The van der Waals surface area contributed by atoms with E-state index >= 15 is 0 Å². The largest absolute Gasteiger partial charge is 0.368 e. The standard InChI is InChI=1S/C19H29N5/c20-18-22-16-15(4-3-8-19(16)6-1-2-7-19)17(23-18)24-11-13-5-9-21-10-14(13)12-24/h13-14,21H,1-12H2,(H2,20,22,23). The van der Waals surface area contributed by atoms with Gasteiger partial charge in [0.1, 0.15) is 5.82 Å². The molecule has 1 spiro atoms. The average Bonchev–Trinajstić information content (AvgIpc) is 3.22. The van der Waals surface area contributed by atoms with E-state index in [1.807, 2.05) is 0 Å². The van der Waals surface area contributed by atoms with E-state index in [9.17, 15) is 0 Å². The summed E-state index contributed by atoms with van der Waals surface area (Å²) >= 11 is 0. The molecule has 1 aromatic heterocycles. The number of hydrogen-bond donors (Lipinski definition) is 2. The monoisotopic (exact) mass is 327 g/mol. The molecule has 4 aliphatic rings. The summed E-state index contributed by atoms with van der Waals surface area (Å²) < 4.78 is 0. The van der Waals surface area contributed by atoms with Crippen molar-refractivity contribution >= 4 is 11.8 Å². The van der Waals surface area contributed by atoms with Crippen molar-refractivity contribution in [3.8, 4) is 0 Å². The van der Waals surface area contributed by atoms with Gasteiger partial charge in [-0.1, -0.05) is 12.8 Å². The Morgan fingerprint density at radius 1 is 1.04 bits per heavy atom. The first-order valence-corrected chi connectivity index (χ1v) is 9.88. The van der Waals surface area contributed by atoms with Gasteiger partial charge in [0.2, 0.25) is 5.95 Å². The lowest BCUT2D eigenvalue weighted by Crippen LogP contribution is -2.35. The molecule has 5 nitrogen and oxygen atoms in total. The summed E-state index contributed by atoms with van der Waals surface area (Å²) in [6.07, 6.45) is 10.3. The maximum atomic E-state index is 6.19. The van der Waals surface area contributed by atoms with Crippen LogP contribution in [0.2, 0.25) is 0 Å². The molecule has 2 unspecified atom stereocenters. The summed E-state index contributed by atoms with van der Waals surface area (Å²) in [7, 11) is 0. The molecule has 0 amide bonds. The lowest BCUT2D eigenvalue weighted by molar-refractivity contribution is 0.318. The van der Waals surface area contributed by atoms with Crippen LogP contribution in [0.3, 0.4) is 0 Å². The lowest BCUT2D eigenvalue weighted by atomic mass is 9.71. The number of nitrogens with one attached hydrogen (secondary N) is 1. The molecule has 3 heterocycles. The van der Waals surface area contributed by atoms with Gasteiger partial charge in [0.25, 0.3) is 0 Å². The zero-order valence-corrected chi connectivity index (χ0v) is 14.6. The molecule has 24 heavy (non-hydrogen) atoms. The maximum absolute atomic E-state index is 6.19. The number of hydrogen-bond acceptors (Lipinski definition) is 5. The molecule has 5 heteroatoms. The number of anilines is 2. The second kappa shape index (κ2) is 5.58.